The second kappa shape index (κ2) is 8.61. The van der Waals surface area contributed by atoms with Gasteiger partial charge in [-0.1, -0.05) is 0 Å². The smallest absolute Gasteiger partial charge is 0.420 e. The molecule has 0 aliphatic carbocycles. The summed E-state index contributed by atoms with van der Waals surface area (Å²) in [5, 5.41) is 11.6. The average molecular weight is 451 g/mol. The standard InChI is InChI=1S/C16H15BrClF2N3O3/c1-23(6-7-24)14-13(17)8-10(9-21-14)15(25)22-11-2-4-12(5-3-11)26-16(18,19)20/h2-5,8-9,24H,6-7H2,1H3,(H,22,25). The van der Waals surface area contributed by atoms with Crippen molar-refractivity contribution in [2.75, 3.05) is 30.4 Å². The Bertz CT molecular complexity index is 772. The molecule has 0 bridgehead atoms. The van der Waals surface area contributed by atoms with Gasteiger partial charge in [0.25, 0.3) is 5.91 Å². The predicted octanol–water partition coefficient (Wildman–Crippen LogP) is 3.69. The van der Waals surface area contributed by atoms with Gasteiger partial charge in [-0.05, 0) is 46.3 Å². The molecule has 0 spiro atoms. The molecule has 0 aliphatic heterocycles. The van der Waals surface area contributed by atoms with E-state index in [4.69, 9.17) is 5.11 Å². The van der Waals surface area contributed by atoms with Crippen LogP contribution < -0.4 is 15.0 Å². The summed E-state index contributed by atoms with van der Waals surface area (Å²) >= 11 is 8.03. The number of benzene rings is 1. The van der Waals surface area contributed by atoms with Gasteiger partial charge in [-0.3, -0.25) is 4.79 Å². The molecule has 0 unspecified atom stereocenters. The van der Waals surface area contributed by atoms with Gasteiger partial charge >= 0.3 is 5.57 Å². The van der Waals surface area contributed by atoms with Crippen LogP contribution in [0.5, 0.6) is 5.75 Å². The van der Waals surface area contributed by atoms with Crippen LogP contribution in [0.4, 0.5) is 20.3 Å². The van der Waals surface area contributed by atoms with Gasteiger partial charge in [0, 0.05) is 37.1 Å². The van der Waals surface area contributed by atoms with Crippen molar-refractivity contribution in [3.8, 4) is 5.75 Å². The Morgan fingerprint density at radius 3 is 2.62 bits per heavy atom. The van der Waals surface area contributed by atoms with Gasteiger partial charge in [0.05, 0.1) is 16.6 Å². The fourth-order valence-electron chi connectivity index (χ4n) is 2.03. The van der Waals surface area contributed by atoms with Gasteiger partial charge < -0.3 is 20.1 Å². The summed E-state index contributed by atoms with van der Waals surface area (Å²) in [6.07, 6.45) is 1.40. The number of carbonyl (C=O) groups is 1. The van der Waals surface area contributed by atoms with E-state index >= 15 is 0 Å². The van der Waals surface area contributed by atoms with E-state index in [2.05, 4.69) is 42.6 Å². The number of hydrogen-bond acceptors (Lipinski definition) is 5. The van der Waals surface area contributed by atoms with E-state index < -0.39 is 11.5 Å². The number of pyridine rings is 1. The maximum Gasteiger partial charge on any atom is 0.487 e. The second-order valence-electron chi connectivity index (χ2n) is 5.20. The number of hydrogen-bond donors (Lipinski definition) is 2. The quantitative estimate of drug-likeness (QED) is 0.629. The second-order valence-corrected chi connectivity index (χ2v) is 6.50. The molecular formula is C16H15BrClF2N3O3. The van der Waals surface area contributed by atoms with Crippen molar-refractivity contribution < 1.29 is 23.4 Å². The van der Waals surface area contributed by atoms with Crippen LogP contribution in [0, 0.1) is 0 Å². The number of halogens is 4. The molecule has 26 heavy (non-hydrogen) atoms. The van der Waals surface area contributed by atoms with Crippen molar-refractivity contribution in [2.24, 2.45) is 0 Å². The van der Waals surface area contributed by atoms with Gasteiger partial charge in [-0.2, -0.15) is 0 Å². The highest BCUT2D eigenvalue weighted by Gasteiger charge is 2.27. The van der Waals surface area contributed by atoms with Crippen LogP contribution in [-0.2, 0) is 0 Å². The third kappa shape index (κ3) is 5.79. The Morgan fingerprint density at radius 2 is 2.08 bits per heavy atom. The van der Waals surface area contributed by atoms with E-state index in [1.54, 1.807) is 18.0 Å². The van der Waals surface area contributed by atoms with E-state index in [0.717, 1.165) is 0 Å². The summed E-state index contributed by atoms with van der Waals surface area (Å²) in [6.45, 7) is 0.370. The van der Waals surface area contributed by atoms with Crippen LogP contribution in [0.25, 0.3) is 0 Å². The average Bonchev–Trinajstić information content (AvgIpc) is 2.55. The van der Waals surface area contributed by atoms with Crippen LogP contribution in [0.15, 0.2) is 41.0 Å². The molecule has 2 rings (SSSR count). The third-order valence-electron chi connectivity index (χ3n) is 3.23. The lowest BCUT2D eigenvalue weighted by Crippen LogP contribution is -2.23. The number of alkyl halides is 3. The van der Waals surface area contributed by atoms with Gasteiger partial charge in [-0.15, -0.1) is 8.78 Å². The minimum atomic E-state index is -3.80. The Kier molecular flexibility index (Phi) is 6.74. The molecule has 1 aromatic heterocycles. The van der Waals surface area contributed by atoms with Crippen LogP contribution >= 0.6 is 27.5 Å². The Morgan fingerprint density at radius 1 is 1.42 bits per heavy atom. The van der Waals surface area contributed by atoms with Crippen LogP contribution in [0.2, 0.25) is 0 Å². The van der Waals surface area contributed by atoms with Crippen LogP contribution in [0.3, 0.4) is 0 Å². The minimum Gasteiger partial charge on any atom is -0.420 e. The van der Waals surface area contributed by atoms with E-state index in [-0.39, 0.29) is 12.4 Å². The molecule has 0 saturated heterocycles. The number of nitrogens with zero attached hydrogens (tertiary/aromatic N) is 2. The first kappa shape index (κ1) is 20.3. The first-order valence-electron chi connectivity index (χ1n) is 7.34. The zero-order valence-corrected chi connectivity index (χ0v) is 15.9. The zero-order valence-electron chi connectivity index (χ0n) is 13.5. The van der Waals surface area contributed by atoms with Crippen molar-refractivity contribution in [1.29, 1.82) is 0 Å². The number of amides is 1. The summed E-state index contributed by atoms with van der Waals surface area (Å²) < 4.78 is 29.9. The highest BCUT2D eigenvalue weighted by molar-refractivity contribution is 9.10. The number of nitrogens with one attached hydrogen (secondary N) is 1. The molecule has 0 radical (unpaired) electrons. The molecular weight excluding hydrogens is 436 g/mol. The first-order valence-corrected chi connectivity index (χ1v) is 8.51. The Balaban J connectivity index is 2.06. The minimum absolute atomic E-state index is 0.0256. The highest BCUT2D eigenvalue weighted by atomic mass is 79.9. The number of aliphatic hydroxyl groups is 1. The number of aromatic nitrogens is 1. The molecule has 0 atom stereocenters. The summed E-state index contributed by atoms with van der Waals surface area (Å²) in [5.74, 6) is 0.0219. The molecule has 2 aromatic rings. The monoisotopic (exact) mass is 449 g/mol. The normalized spacial score (nSPS) is 11.2. The van der Waals surface area contributed by atoms with Crippen molar-refractivity contribution >= 4 is 44.9 Å². The molecule has 1 aromatic carbocycles. The lowest BCUT2D eigenvalue weighted by atomic mass is 10.2. The summed E-state index contributed by atoms with van der Waals surface area (Å²) in [5.41, 5.74) is -3.11. The van der Waals surface area contributed by atoms with E-state index in [1.807, 2.05) is 0 Å². The highest BCUT2D eigenvalue weighted by Crippen LogP contribution is 2.27. The van der Waals surface area contributed by atoms with Crippen LogP contribution in [0.1, 0.15) is 10.4 Å². The van der Waals surface area contributed by atoms with Crippen molar-refractivity contribution in [3.63, 3.8) is 0 Å². The largest absolute Gasteiger partial charge is 0.487 e. The van der Waals surface area contributed by atoms with E-state index in [0.29, 0.717) is 28.1 Å². The van der Waals surface area contributed by atoms with Gasteiger partial charge in [0.15, 0.2) is 0 Å². The number of ether oxygens (including phenoxy) is 1. The molecule has 140 valence electrons. The van der Waals surface area contributed by atoms with Crippen LogP contribution in [-0.4, -0.2) is 41.8 Å². The van der Waals surface area contributed by atoms with Gasteiger partial charge in [-0.25, -0.2) is 4.98 Å². The topological polar surface area (TPSA) is 74.7 Å². The molecule has 10 heteroatoms. The number of anilines is 2. The number of likely N-dealkylation sites (N-methyl/N-ethyl adjacent to an activating group) is 1. The third-order valence-corrected chi connectivity index (χ3v) is 3.89. The van der Waals surface area contributed by atoms with Gasteiger partial charge in [0.2, 0.25) is 0 Å². The van der Waals surface area contributed by atoms with E-state index in [1.165, 1.54) is 30.5 Å². The number of aliphatic hydroxyl groups excluding tert-OH is 1. The SMILES string of the molecule is CN(CCO)c1ncc(C(=O)Nc2ccc(OC(F)(F)Cl)cc2)cc1Br. The molecule has 0 saturated carbocycles. The summed E-state index contributed by atoms with van der Waals surface area (Å²) in [7, 11) is 1.76. The molecule has 0 fully saturated rings. The Labute approximate surface area is 161 Å². The number of rotatable bonds is 7. The maximum absolute atomic E-state index is 12.6. The number of carbonyl (C=O) groups excluding carboxylic acids is 1. The lowest BCUT2D eigenvalue weighted by molar-refractivity contribution is -0.0964. The van der Waals surface area contributed by atoms with Crippen molar-refractivity contribution in [3.05, 3.63) is 46.6 Å². The summed E-state index contributed by atoms with van der Waals surface area (Å²) in [4.78, 5) is 18.2. The molecule has 1 amide bonds. The van der Waals surface area contributed by atoms with Crippen molar-refractivity contribution in [1.82, 2.24) is 4.98 Å². The van der Waals surface area contributed by atoms with Crippen molar-refractivity contribution in [2.45, 2.75) is 5.57 Å². The maximum atomic E-state index is 12.6. The molecule has 0 aliphatic rings. The zero-order chi connectivity index (χ0) is 19.3. The fourth-order valence-corrected chi connectivity index (χ4v) is 2.78. The van der Waals surface area contributed by atoms with Gasteiger partial charge in [0.1, 0.15) is 11.6 Å². The first-order chi connectivity index (χ1) is 12.2. The van der Waals surface area contributed by atoms with E-state index in [9.17, 15) is 13.6 Å². The summed E-state index contributed by atoms with van der Waals surface area (Å²) in [6, 6.07) is 6.92. The lowest BCUT2D eigenvalue weighted by Gasteiger charge is -2.18. The molecule has 1 heterocycles. The predicted molar refractivity (Wildman–Crippen MR) is 98.1 cm³/mol. The fraction of sp³-hybridized carbons (Fsp3) is 0.250. The molecule has 6 nitrogen and oxygen atoms in total. The molecule has 2 N–H and O–H groups in total. The Hall–Kier alpha value is -1.97.